The van der Waals surface area contributed by atoms with Gasteiger partial charge in [0.15, 0.2) is 5.82 Å². The van der Waals surface area contributed by atoms with Crippen LogP contribution in [0.1, 0.15) is 37.6 Å². The van der Waals surface area contributed by atoms with Gasteiger partial charge in [-0.15, -0.1) is 10.2 Å². The molecule has 6 heteroatoms. The molecule has 2 aromatic heterocycles. The molecule has 1 atom stereocenters. The molecule has 0 aliphatic carbocycles. The Balaban J connectivity index is 1.54. The van der Waals surface area contributed by atoms with Crippen LogP contribution in [0.5, 0.6) is 5.75 Å². The van der Waals surface area contributed by atoms with Crippen LogP contribution in [0.3, 0.4) is 0 Å². The van der Waals surface area contributed by atoms with Crippen LogP contribution in [-0.4, -0.2) is 15.2 Å². The zero-order chi connectivity index (χ0) is 23.3. The van der Waals surface area contributed by atoms with E-state index in [2.05, 4.69) is 77.8 Å². The fourth-order valence-electron chi connectivity index (χ4n) is 3.92. The number of hydrazine groups is 1. The van der Waals surface area contributed by atoms with E-state index in [0.29, 0.717) is 18.3 Å². The van der Waals surface area contributed by atoms with Gasteiger partial charge < -0.3 is 10.2 Å². The first-order valence-electron chi connectivity index (χ1n) is 11.0. The molecule has 6 nitrogen and oxygen atoms in total. The van der Waals surface area contributed by atoms with E-state index in [9.17, 15) is 0 Å². The third kappa shape index (κ3) is 4.86. The van der Waals surface area contributed by atoms with Crippen LogP contribution in [0.25, 0.3) is 11.3 Å². The number of nitrogen functional groups attached to an aromatic ring is 1. The van der Waals surface area contributed by atoms with E-state index in [1.807, 2.05) is 42.5 Å². The van der Waals surface area contributed by atoms with Crippen molar-refractivity contribution in [3.05, 3.63) is 102 Å². The van der Waals surface area contributed by atoms with Gasteiger partial charge in [0.25, 0.3) is 0 Å². The summed E-state index contributed by atoms with van der Waals surface area (Å²) in [6.07, 6.45) is 1.78. The highest BCUT2D eigenvalue weighted by atomic mass is 16.5. The third-order valence-electron chi connectivity index (χ3n) is 6.31. The minimum Gasteiger partial charge on any atom is -0.487 e. The van der Waals surface area contributed by atoms with Gasteiger partial charge in [0.05, 0.1) is 11.4 Å². The lowest BCUT2D eigenvalue weighted by atomic mass is 9.68. The number of hydrogen-bond donors (Lipinski definition) is 2. The molecule has 4 aromatic rings. The molecule has 0 saturated heterocycles. The lowest BCUT2D eigenvalue weighted by Crippen LogP contribution is -2.30. The van der Waals surface area contributed by atoms with Gasteiger partial charge in [-0.25, -0.2) is 5.84 Å². The van der Waals surface area contributed by atoms with Crippen molar-refractivity contribution in [3.8, 4) is 17.0 Å². The minimum atomic E-state index is -0.156. The minimum absolute atomic E-state index is 0.156. The number of benzene rings is 2. The van der Waals surface area contributed by atoms with E-state index in [-0.39, 0.29) is 5.41 Å². The third-order valence-corrected chi connectivity index (χ3v) is 6.31. The Hall–Kier alpha value is -3.77. The summed E-state index contributed by atoms with van der Waals surface area (Å²) in [6, 6.07) is 26.5. The zero-order valence-electron chi connectivity index (χ0n) is 19.2. The molecule has 0 fully saturated rings. The normalized spacial score (nSPS) is 12.9. The zero-order valence-corrected chi connectivity index (χ0v) is 19.2. The van der Waals surface area contributed by atoms with Crippen LogP contribution in [0.2, 0.25) is 0 Å². The molecule has 2 heterocycles. The average Bonchev–Trinajstić information content (AvgIpc) is 2.88. The SMILES string of the molecule is CC(C)C(C)(c1ccc(OCc2ccccn2)cc1)c1ccc(-c2ccc(NN)nn2)cc1. The van der Waals surface area contributed by atoms with Crippen molar-refractivity contribution in [1.82, 2.24) is 15.2 Å². The van der Waals surface area contributed by atoms with Crippen molar-refractivity contribution in [2.24, 2.45) is 11.8 Å². The summed E-state index contributed by atoms with van der Waals surface area (Å²) >= 11 is 0. The predicted molar refractivity (Wildman–Crippen MR) is 132 cm³/mol. The molecule has 1 unspecified atom stereocenters. The summed E-state index contributed by atoms with van der Waals surface area (Å²) in [5.74, 6) is 7.14. The van der Waals surface area contributed by atoms with E-state index in [0.717, 1.165) is 22.7 Å². The number of nitrogens with two attached hydrogens (primary N) is 1. The molecule has 168 valence electrons. The number of pyridine rings is 1. The first kappa shape index (κ1) is 22.4. The fourth-order valence-corrected chi connectivity index (χ4v) is 3.92. The molecule has 2 aromatic carbocycles. The lowest BCUT2D eigenvalue weighted by molar-refractivity contribution is 0.301. The van der Waals surface area contributed by atoms with Crippen molar-refractivity contribution < 1.29 is 4.74 Å². The summed E-state index contributed by atoms with van der Waals surface area (Å²) in [5.41, 5.74) is 7.56. The smallest absolute Gasteiger partial charge is 0.162 e. The van der Waals surface area contributed by atoms with E-state index in [1.54, 1.807) is 6.20 Å². The second-order valence-corrected chi connectivity index (χ2v) is 8.52. The fraction of sp³-hybridized carbons (Fsp3) is 0.222. The van der Waals surface area contributed by atoms with Crippen molar-refractivity contribution in [3.63, 3.8) is 0 Å². The Morgan fingerprint density at radius 3 is 2.12 bits per heavy atom. The van der Waals surface area contributed by atoms with Gasteiger partial charge in [0.1, 0.15) is 12.4 Å². The van der Waals surface area contributed by atoms with Gasteiger partial charge in [0.2, 0.25) is 0 Å². The molecule has 0 radical (unpaired) electrons. The van der Waals surface area contributed by atoms with Crippen LogP contribution in [-0.2, 0) is 12.0 Å². The van der Waals surface area contributed by atoms with Crippen molar-refractivity contribution in [2.45, 2.75) is 32.8 Å². The van der Waals surface area contributed by atoms with E-state index < -0.39 is 0 Å². The van der Waals surface area contributed by atoms with E-state index in [4.69, 9.17) is 10.6 Å². The van der Waals surface area contributed by atoms with Crippen molar-refractivity contribution in [2.75, 3.05) is 5.43 Å². The van der Waals surface area contributed by atoms with Gasteiger partial charge in [-0.2, -0.15) is 0 Å². The molecule has 0 amide bonds. The summed E-state index contributed by atoms with van der Waals surface area (Å²) < 4.78 is 5.92. The summed E-state index contributed by atoms with van der Waals surface area (Å²) in [4.78, 5) is 4.31. The molecule has 33 heavy (non-hydrogen) atoms. The number of nitrogens with zero attached hydrogens (tertiary/aromatic N) is 3. The number of anilines is 1. The van der Waals surface area contributed by atoms with Gasteiger partial charge in [-0.05, 0) is 53.4 Å². The highest BCUT2D eigenvalue weighted by Crippen LogP contribution is 2.40. The Kier molecular flexibility index (Phi) is 6.66. The Labute approximate surface area is 194 Å². The quantitative estimate of drug-likeness (QED) is 0.284. The van der Waals surface area contributed by atoms with Gasteiger partial charge in [-0.1, -0.05) is 63.2 Å². The van der Waals surface area contributed by atoms with E-state index in [1.165, 1.54) is 11.1 Å². The molecule has 0 saturated carbocycles. The number of aromatic nitrogens is 3. The topological polar surface area (TPSA) is 86.0 Å². The highest BCUT2D eigenvalue weighted by Gasteiger charge is 2.32. The van der Waals surface area contributed by atoms with Gasteiger partial charge in [-0.3, -0.25) is 4.98 Å². The second kappa shape index (κ2) is 9.79. The maximum Gasteiger partial charge on any atom is 0.162 e. The van der Waals surface area contributed by atoms with Crippen LogP contribution in [0.15, 0.2) is 85.1 Å². The van der Waals surface area contributed by atoms with Crippen LogP contribution < -0.4 is 16.0 Å². The monoisotopic (exact) mass is 439 g/mol. The summed E-state index contributed by atoms with van der Waals surface area (Å²) in [6.45, 7) is 7.25. The maximum absolute atomic E-state index is 5.92. The summed E-state index contributed by atoms with van der Waals surface area (Å²) in [7, 11) is 0. The molecule has 0 bridgehead atoms. The van der Waals surface area contributed by atoms with Crippen molar-refractivity contribution >= 4 is 5.82 Å². The average molecular weight is 440 g/mol. The summed E-state index contributed by atoms with van der Waals surface area (Å²) in [5, 5.41) is 8.30. The number of hydrogen-bond acceptors (Lipinski definition) is 6. The van der Waals surface area contributed by atoms with E-state index >= 15 is 0 Å². The molecule has 0 aliphatic rings. The molecule has 4 rings (SSSR count). The first-order chi connectivity index (χ1) is 16.0. The Morgan fingerprint density at radius 2 is 1.58 bits per heavy atom. The van der Waals surface area contributed by atoms with Gasteiger partial charge in [0, 0.05) is 17.2 Å². The second-order valence-electron chi connectivity index (χ2n) is 8.52. The molecular weight excluding hydrogens is 410 g/mol. The predicted octanol–water partition coefficient (Wildman–Crippen LogP) is 5.37. The Morgan fingerprint density at radius 1 is 0.879 bits per heavy atom. The maximum atomic E-state index is 5.92. The Bertz CT molecular complexity index is 1160. The molecule has 3 N–H and O–H groups in total. The van der Waals surface area contributed by atoms with Crippen LogP contribution in [0.4, 0.5) is 5.82 Å². The first-order valence-corrected chi connectivity index (χ1v) is 11.0. The number of rotatable bonds is 8. The van der Waals surface area contributed by atoms with Crippen LogP contribution in [0, 0.1) is 5.92 Å². The lowest BCUT2D eigenvalue weighted by Gasteiger charge is -2.35. The molecule has 0 aliphatic heterocycles. The van der Waals surface area contributed by atoms with Gasteiger partial charge >= 0.3 is 0 Å². The van der Waals surface area contributed by atoms with Crippen LogP contribution >= 0.6 is 0 Å². The standard InChI is InChI=1S/C27H29N5O/c1-19(2)27(3,21-9-7-20(8-10-21)25-15-16-26(30-28)32-31-25)22-11-13-24(14-12-22)33-18-23-6-4-5-17-29-23/h4-17,19H,18,28H2,1-3H3,(H,30,32). The van der Waals surface area contributed by atoms with Crippen molar-refractivity contribution in [1.29, 1.82) is 0 Å². The number of ether oxygens (including phenoxy) is 1. The molecule has 0 spiro atoms. The largest absolute Gasteiger partial charge is 0.487 e. The highest BCUT2D eigenvalue weighted by molar-refractivity contribution is 5.60. The molecular formula is C27H29N5O. The number of nitrogens with one attached hydrogen (secondary N) is 1.